The van der Waals surface area contributed by atoms with E-state index in [-0.39, 0.29) is 0 Å². The van der Waals surface area contributed by atoms with Crippen LogP contribution in [-0.2, 0) is 0 Å². The van der Waals surface area contributed by atoms with Gasteiger partial charge in [-0.25, -0.2) is 0 Å². The molecule has 0 unspecified atom stereocenters. The first-order chi connectivity index (χ1) is 13.8. The molecule has 0 atom stereocenters. The second-order valence-electron chi connectivity index (χ2n) is 7.99. The lowest BCUT2D eigenvalue weighted by Gasteiger charge is -2.05. The summed E-state index contributed by atoms with van der Waals surface area (Å²) in [7, 11) is 0. The molecule has 1 aromatic heterocycles. The molecule has 7 rings (SSSR count). The molecule has 0 saturated carbocycles. The van der Waals surface area contributed by atoms with Crippen LogP contribution in [0.25, 0.3) is 65.6 Å². The Morgan fingerprint density at radius 3 is 2.25 bits per heavy atom. The van der Waals surface area contributed by atoms with Crippen molar-refractivity contribution in [1.82, 2.24) is 4.98 Å². The van der Waals surface area contributed by atoms with Crippen molar-refractivity contribution in [3.05, 3.63) is 84.4 Å². The third-order valence-electron chi connectivity index (χ3n) is 6.34. The molecule has 0 aliphatic heterocycles. The van der Waals surface area contributed by atoms with Gasteiger partial charge in [0, 0.05) is 21.8 Å². The first-order valence-corrected chi connectivity index (χ1v) is 9.79. The van der Waals surface area contributed by atoms with E-state index in [1.807, 2.05) is 0 Å². The normalized spacial score (nSPS) is 12.5. The average Bonchev–Trinajstić information content (AvgIpc) is 3.23. The standard InChI is InChI=1S/C27H17N/c1-15-9-10-16-12-23-24(13-17(16)11-15)28-25-14-22-19-6-3-2-5-18(19)20-7-4-8-21(26(20)22)27(23)25/h2-14,28H,1H3. The maximum absolute atomic E-state index is 3.71. The average molecular weight is 355 g/mol. The van der Waals surface area contributed by atoms with Crippen LogP contribution in [0.2, 0.25) is 0 Å². The van der Waals surface area contributed by atoms with Gasteiger partial charge in [-0.15, -0.1) is 0 Å². The zero-order valence-electron chi connectivity index (χ0n) is 15.5. The molecule has 1 aliphatic rings. The van der Waals surface area contributed by atoms with Gasteiger partial charge in [0.2, 0.25) is 0 Å². The van der Waals surface area contributed by atoms with Gasteiger partial charge >= 0.3 is 0 Å². The Morgan fingerprint density at radius 1 is 0.536 bits per heavy atom. The van der Waals surface area contributed by atoms with Crippen molar-refractivity contribution in [3.63, 3.8) is 0 Å². The van der Waals surface area contributed by atoms with Gasteiger partial charge in [0.15, 0.2) is 0 Å². The van der Waals surface area contributed by atoms with E-state index in [1.165, 1.54) is 71.2 Å². The first kappa shape index (κ1) is 14.5. The summed E-state index contributed by atoms with van der Waals surface area (Å²) in [6, 6.07) is 29.2. The summed E-state index contributed by atoms with van der Waals surface area (Å²) in [5, 5.41) is 7.98. The van der Waals surface area contributed by atoms with E-state index in [2.05, 4.69) is 90.8 Å². The van der Waals surface area contributed by atoms with Crippen LogP contribution in [0.3, 0.4) is 0 Å². The molecule has 28 heavy (non-hydrogen) atoms. The molecular formula is C27H17N. The van der Waals surface area contributed by atoms with E-state index < -0.39 is 0 Å². The zero-order chi connectivity index (χ0) is 18.4. The highest BCUT2D eigenvalue weighted by atomic mass is 14.7. The van der Waals surface area contributed by atoms with Gasteiger partial charge in [0.05, 0.1) is 0 Å². The van der Waals surface area contributed by atoms with Crippen LogP contribution >= 0.6 is 0 Å². The van der Waals surface area contributed by atoms with Gasteiger partial charge in [0.25, 0.3) is 0 Å². The highest BCUT2D eigenvalue weighted by molar-refractivity contribution is 6.29. The van der Waals surface area contributed by atoms with E-state index >= 15 is 0 Å². The molecule has 1 heterocycles. The Morgan fingerprint density at radius 2 is 1.36 bits per heavy atom. The quantitative estimate of drug-likeness (QED) is 0.288. The third kappa shape index (κ3) is 1.67. The Bertz CT molecular complexity index is 1610. The van der Waals surface area contributed by atoms with Gasteiger partial charge in [0.1, 0.15) is 0 Å². The molecule has 6 aromatic rings. The van der Waals surface area contributed by atoms with Crippen molar-refractivity contribution < 1.29 is 0 Å². The van der Waals surface area contributed by atoms with Crippen molar-refractivity contribution in [2.75, 3.05) is 0 Å². The molecule has 1 nitrogen and oxygen atoms in total. The van der Waals surface area contributed by atoms with Crippen LogP contribution < -0.4 is 0 Å². The molecule has 0 saturated heterocycles. The number of benzene rings is 5. The summed E-state index contributed by atoms with van der Waals surface area (Å²) in [5.74, 6) is 0. The zero-order valence-corrected chi connectivity index (χ0v) is 15.5. The molecule has 0 amide bonds. The third-order valence-corrected chi connectivity index (χ3v) is 6.34. The van der Waals surface area contributed by atoms with Gasteiger partial charge in [-0.1, -0.05) is 66.2 Å². The van der Waals surface area contributed by atoms with E-state index in [9.17, 15) is 0 Å². The largest absolute Gasteiger partial charge is 0.354 e. The lowest BCUT2D eigenvalue weighted by Crippen LogP contribution is -1.79. The summed E-state index contributed by atoms with van der Waals surface area (Å²) in [5.41, 5.74) is 9.13. The van der Waals surface area contributed by atoms with Crippen LogP contribution in [0, 0.1) is 6.92 Å². The Balaban J connectivity index is 1.71. The van der Waals surface area contributed by atoms with Gasteiger partial charge in [-0.3, -0.25) is 0 Å². The lowest BCUT2D eigenvalue weighted by molar-refractivity contribution is 1.50. The van der Waals surface area contributed by atoms with Crippen molar-refractivity contribution in [2.24, 2.45) is 0 Å². The highest BCUT2D eigenvalue weighted by Crippen LogP contribution is 2.50. The SMILES string of the molecule is Cc1ccc2cc3c(cc2c1)[nH]c1cc2c4c(cccc4c13)-c1ccccc1-2. The number of aromatic nitrogens is 1. The molecule has 0 bridgehead atoms. The number of H-pyrrole nitrogens is 1. The van der Waals surface area contributed by atoms with E-state index in [0.29, 0.717) is 0 Å². The Hall–Kier alpha value is -3.58. The van der Waals surface area contributed by atoms with E-state index in [1.54, 1.807) is 0 Å². The Labute approximate surface area is 162 Å². The second-order valence-corrected chi connectivity index (χ2v) is 7.99. The van der Waals surface area contributed by atoms with Gasteiger partial charge < -0.3 is 4.98 Å². The minimum Gasteiger partial charge on any atom is -0.354 e. The van der Waals surface area contributed by atoms with Crippen LogP contribution in [0.15, 0.2) is 78.9 Å². The van der Waals surface area contributed by atoms with Crippen LogP contribution in [0.5, 0.6) is 0 Å². The van der Waals surface area contributed by atoms with Crippen molar-refractivity contribution in [3.8, 4) is 22.3 Å². The second kappa shape index (κ2) is 4.82. The van der Waals surface area contributed by atoms with E-state index in [0.717, 1.165) is 0 Å². The molecular weight excluding hydrogens is 338 g/mol. The first-order valence-electron chi connectivity index (χ1n) is 9.79. The van der Waals surface area contributed by atoms with Crippen molar-refractivity contribution in [1.29, 1.82) is 0 Å². The smallest absolute Gasteiger partial charge is 0.0477 e. The Kier molecular flexibility index (Phi) is 2.49. The lowest BCUT2D eigenvalue weighted by atomic mass is 9.97. The minimum atomic E-state index is 1.21. The van der Waals surface area contributed by atoms with Crippen molar-refractivity contribution in [2.45, 2.75) is 6.92 Å². The fourth-order valence-corrected chi connectivity index (χ4v) is 5.14. The summed E-state index contributed by atoms with van der Waals surface area (Å²) in [6.07, 6.45) is 0. The molecule has 0 radical (unpaired) electrons. The summed E-state index contributed by atoms with van der Waals surface area (Å²) < 4.78 is 0. The predicted octanol–water partition coefficient (Wildman–Crippen LogP) is 7.58. The number of rotatable bonds is 0. The summed E-state index contributed by atoms with van der Waals surface area (Å²) in [4.78, 5) is 3.71. The predicted molar refractivity (Wildman–Crippen MR) is 120 cm³/mol. The number of nitrogens with one attached hydrogen (secondary N) is 1. The molecule has 1 heteroatoms. The van der Waals surface area contributed by atoms with Crippen molar-refractivity contribution >= 4 is 43.4 Å². The monoisotopic (exact) mass is 355 g/mol. The van der Waals surface area contributed by atoms with Crippen LogP contribution in [-0.4, -0.2) is 4.98 Å². The maximum Gasteiger partial charge on any atom is 0.0477 e. The molecule has 0 spiro atoms. The molecule has 130 valence electrons. The molecule has 1 N–H and O–H groups in total. The summed E-state index contributed by atoms with van der Waals surface area (Å²) >= 11 is 0. The number of hydrogen-bond donors (Lipinski definition) is 1. The van der Waals surface area contributed by atoms with Gasteiger partial charge in [-0.05, 0) is 68.9 Å². The van der Waals surface area contributed by atoms with Crippen LogP contribution in [0.1, 0.15) is 5.56 Å². The number of hydrogen-bond acceptors (Lipinski definition) is 0. The highest BCUT2D eigenvalue weighted by Gasteiger charge is 2.23. The van der Waals surface area contributed by atoms with Crippen LogP contribution in [0.4, 0.5) is 0 Å². The fraction of sp³-hybridized carbons (Fsp3) is 0.0370. The minimum absolute atomic E-state index is 1.21. The fourth-order valence-electron chi connectivity index (χ4n) is 5.14. The van der Waals surface area contributed by atoms with Gasteiger partial charge in [-0.2, -0.15) is 0 Å². The molecule has 0 fully saturated rings. The molecule has 5 aromatic carbocycles. The van der Waals surface area contributed by atoms with E-state index in [4.69, 9.17) is 0 Å². The maximum atomic E-state index is 3.71. The number of aromatic amines is 1. The summed E-state index contributed by atoms with van der Waals surface area (Å²) in [6.45, 7) is 2.15. The molecule has 1 aliphatic carbocycles. The number of aryl methyl sites for hydroxylation is 1. The number of fused-ring (bicyclic) bond motifs is 8. The topological polar surface area (TPSA) is 15.8 Å².